The predicted molar refractivity (Wildman–Crippen MR) is 145 cm³/mol. The molecule has 0 saturated carbocycles. The molecule has 162 valence electrons. The SMILES string of the molecule is Cc1ccc(CN2C(=O)S/C(=C/c3cc(I)cc(I)c3OCc3ccccc3)C2=O)cc1. The van der Waals surface area contributed by atoms with Crippen LogP contribution in [0.2, 0.25) is 0 Å². The summed E-state index contributed by atoms with van der Waals surface area (Å²) in [6.07, 6.45) is 1.77. The van der Waals surface area contributed by atoms with Crippen molar-refractivity contribution in [3.8, 4) is 5.75 Å². The van der Waals surface area contributed by atoms with Crippen LogP contribution in [0.3, 0.4) is 0 Å². The molecule has 1 aliphatic heterocycles. The van der Waals surface area contributed by atoms with Gasteiger partial charge in [-0.05, 0) is 93.2 Å². The van der Waals surface area contributed by atoms with Crippen LogP contribution in [0.5, 0.6) is 5.75 Å². The van der Waals surface area contributed by atoms with Crippen LogP contribution in [0.15, 0.2) is 71.6 Å². The highest BCUT2D eigenvalue weighted by molar-refractivity contribution is 14.1. The summed E-state index contributed by atoms with van der Waals surface area (Å²) in [7, 11) is 0. The fraction of sp³-hybridized carbons (Fsp3) is 0.120. The number of imide groups is 1. The van der Waals surface area contributed by atoms with Gasteiger partial charge in [0.1, 0.15) is 12.4 Å². The van der Waals surface area contributed by atoms with E-state index in [1.807, 2.05) is 73.7 Å². The highest BCUT2D eigenvalue weighted by atomic mass is 127. The molecule has 32 heavy (non-hydrogen) atoms. The van der Waals surface area contributed by atoms with E-state index in [4.69, 9.17) is 4.74 Å². The fourth-order valence-corrected chi connectivity index (χ4v) is 6.10. The fourth-order valence-electron chi connectivity index (χ4n) is 3.22. The van der Waals surface area contributed by atoms with E-state index in [1.54, 1.807) is 6.08 Å². The molecule has 4 nitrogen and oxygen atoms in total. The van der Waals surface area contributed by atoms with E-state index < -0.39 is 0 Å². The maximum atomic E-state index is 13.0. The van der Waals surface area contributed by atoms with Gasteiger partial charge in [-0.15, -0.1) is 0 Å². The second kappa shape index (κ2) is 10.4. The summed E-state index contributed by atoms with van der Waals surface area (Å²) in [6.45, 7) is 2.70. The van der Waals surface area contributed by atoms with Crippen LogP contribution >= 0.6 is 56.9 Å². The molecule has 0 unspecified atom stereocenters. The topological polar surface area (TPSA) is 46.6 Å². The third-order valence-electron chi connectivity index (χ3n) is 4.88. The molecule has 4 rings (SSSR count). The molecular weight excluding hydrogens is 648 g/mol. The number of nitrogens with zero attached hydrogens (tertiary/aromatic N) is 1. The van der Waals surface area contributed by atoms with Crippen molar-refractivity contribution in [3.05, 3.63) is 101 Å². The first-order chi connectivity index (χ1) is 15.4. The summed E-state index contributed by atoms with van der Waals surface area (Å²) < 4.78 is 8.13. The molecule has 1 aliphatic rings. The average molecular weight is 667 g/mol. The third kappa shape index (κ3) is 5.55. The minimum Gasteiger partial charge on any atom is -0.487 e. The van der Waals surface area contributed by atoms with Crippen molar-refractivity contribution in [3.63, 3.8) is 0 Å². The lowest BCUT2D eigenvalue weighted by atomic mass is 10.1. The Hall–Kier alpha value is -1.85. The van der Waals surface area contributed by atoms with Gasteiger partial charge in [0.05, 0.1) is 15.0 Å². The minimum atomic E-state index is -0.275. The monoisotopic (exact) mass is 667 g/mol. The molecular formula is C25H19I2NO3S. The molecule has 1 fully saturated rings. The van der Waals surface area contributed by atoms with Crippen LogP contribution in [0, 0.1) is 14.1 Å². The van der Waals surface area contributed by atoms with E-state index in [0.29, 0.717) is 17.3 Å². The number of ether oxygens (including phenoxy) is 1. The molecule has 0 spiro atoms. The normalized spacial score (nSPS) is 15.0. The number of rotatable bonds is 6. The van der Waals surface area contributed by atoms with E-state index in [2.05, 4.69) is 45.2 Å². The molecule has 0 aromatic heterocycles. The lowest BCUT2D eigenvalue weighted by Crippen LogP contribution is -2.27. The van der Waals surface area contributed by atoms with Crippen molar-refractivity contribution in [2.24, 2.45) is 0 Å². The lowest BCUT2D eigenvalue weighted by molar-refractivity contribution is -0.123. The summed E-state index contributed by atoms with van der Waals surface area (Å²) in [4.78, 5) is 27.3. The summed E-state index contributed by atoms with van der Waals surface area (Å²) in [5.41, 5.74) is 3.92. The highest BCUT2D eigenvalue weighted by Gasteiger charge is 2.35. The first-order valence-corrected chi connectivity index (χ1v) is 12.8. The molecule has 0 aliphatic carbocycles. The zero-order valence-corrected chi connectivity index (χ0v) is 22.3. The van der Waals surface area contributed by atoms with Crippen LogP contribution in [-0.2, 0) is 17.9 Å². The lowest BCUT2D eigenvalue weighted by Gasteiger charge is -2.13. The molecule has 3 aromatic carbocycles. The van der Waals surface area contributed by atoms with Crippen LogP contribution < -0.4 is 4.74 Å². The van der Waals surface area contributed by atoms with E-state index in [1.165, 1.54) is 4.90 Å². The molecule has 0 N–H and O–H groups in total. The van der Waals surface area contributed by atoms with E-state index in [-0.39, 0.29) is 17.7 Å². The number of carbonyl (C=O) groups is 2. The standard InChI is InChI=1S/C25H19I2NO3S/c1-16-7-9-17(10-8-16)14-28-24(29)22(32-25(28)30)12-19-11-20(26)13-21(27)23(19)31-15-18-5-3-2-4-6-18/h2-13H,14-15H2,1H3/b22-12+. The van der Waals surface area contributed by atoms with Crippen LogP contribution in [0.25, 0.3) is 6.08 Å². The summed E-state index contributed by atoms with van der Waals surface area (Å²) in [6, 6.07) is 21.8. The smallest absolute Gasteiger partial charge is 0.293 e. The summed E-state index contributed by atoms with van der Waals surface area (Å²) in [5, 5.41) is -0.256. The van der Waals surface area contributed by atoms with Gasteiger partial charge < -0.3 is 4.74 Å². The molecule has 0 atom stereocenters. The molecule has 3 aromatic rings. The van der Waals surface area contributed by atoms with Gasteiger partial charge >= 0.3 is 0 Å². The van der Waals surface area contributed by atoms with Gasteiger partial charge in [-0.1, -0.05) is 60.2 Å². The van der Waals surface area contributed by atoms with Crippen molar-refractivity contribution < 1.29 is 14.3 Å². The molecule has 0 bridgehead atoms. The third-order valence-corrected chi connectivity index (χ3v) is 7.22. The van der Waals surface area contributed by atoms with Gasteiger partial charge in [0, 0.05) is 9.13 Å². The minimum absolute atomic E-state index is 0.256. The number of benzene rings is 3. The van der Waals surface area contributed by atoms with Crippen molar-refractivity contribution in [1.29, 1.82) is 0 Å². The first kappa shape index (κ1) is 23.3. The van der Waals surface area contributed by atoms with Crippen molar-refractivity contribution in [2.75, 3.05) is 0 Å². The Morgan fingerprint density at radius 2 is 1.69 bits per heavy atom. The van der Waals surface area contributed by atoms with E-state index in [0.717, 1.165) is 41.2 Å². The Balaban J connectivity index is 1.59. The summed E-state index contributed by atoms with van der Waals surface area (Å²) >= 11 is 5.46. The molecule has 1 heterocycles. The van der Waals surface area contributed by atoms with Gasteiger partial charge in [0.2, 0.25) is 0 Å². The first-order valence-electron chi connectivity index (χ1n) is 9.87. The molecule has 2 amide bonds. The zero-order chi connectivity index (χ0) is 22.7. The van der Waals surface area contributed by atoms with Gasteiger partial charge in [0.25, 0.3) is 11.1 Å². The van der Waals surface area contributed by atoms with Crippen molar-refractivity contribution >= 4 is 74.2 Å². The molecule has 7 heteroatoms. The van der Waals surface area contributed by atoms with Gasteiger partial charge in [0.15, 0.2) is 0 Å². The Morgan fingerprint density at radius 1 is 0.969 bits per heavy atom. The zero-order valence-electron chi connectivity index (χ0n) is 17.2. The maximum absolute atomic E-state index is 13.0. The average Bonchev–Trinajstić information content (AvgIpc) is 3.02. The number of thioether (sulfide) groups is 1. The van der Waals surface area contributed by atoms with Crippen molar-refractivity contribution in [1.82, 2.24) is 4.90 Å². The number of hydrogen-bond acceptors (Lipinski definition) is 4. The van der Waals surface area contributed by atoms with E-state index >= 15 is 0 Å². The second-order valence-corrected chi connectivity index (χ2v) is 10.7. The number of carbonyl (C=O) groups excluding carboxylic acids is 2. The number of amides is 2. The van der Waals surface area contributed by atoms with Gasteiger partial charge in [-0.2, -0.15) is 0 Å². The van der Waals surface area contributed by atoms with Crippen molar-refractivity contribution in [2.45, 2.75) is 20.1 Å². The molecule has 0 radical (unpaired) electrons. The van der Waals surface area contributed by atoms with Gasteiger partial charge in [-0.25, -0.2) is 0 Å². The summed E-state index contributed by atoms with van der Waals surface area (Å²) in [5.74, 6) is 0.434. The number of hydrogen-bond donors (Lipinski definition) is 0. The van der Waals surface area contributed by atoms with Crippen LogP contribution in [-0.4, -0.2) is 16.0 Å². The van der Waals surface area contributed by atoms with Crippen LogP contribution in [0.4, 0.5) is 4.79 Å². The quantitative estimate of drug-likeness (QED) is 0.210. The Labute approximate surface area is 218 Å². The number of aryl methyl sites for hydroxylation is 1. The second-order valence-electron chi connectivity index (χ2n) is 7.33. The Morgan fingerprint density at radius 3 is 2.41 bits per heavy atom. The maximum Gasteiger partial charge on any atom is 0.293 e. The Kier molecular flexibility index (Phi) is 7.57. The number of halogens is 2. The largest absolute Gasteiger partial charge is 0.487 e. The highest BCUT2D eigenvalue weighted by Crippen LogP contribution is 2.37. The Bertz CT molecular complexity index is 1190. The van der Waals surface area contributed by atoms with Crippen LogP contribution in [0.1, 0.15) is 22.3 Å². The van der Waals surface area contributed by atoms with E-state index in [9.17, 15) is 9.59 Å². The van der Waals surface area contributed by atoms with Gasteiger partial charge in [-0.3, -0.25) is 14.5 Å². The molecule has 1 saturated heterocycles. The predicted octanol–water partition coefficient (Wildman–Crippen LogP) is 7.02.